The molecule has 1 aromatic carbocycles. The molecule has 47 heavy (non-hydrogen) atoms. The number of ether oxygens (including phenoxy) is 2. The van der Waals surface area contributed by atoms with E-state index in [1.165, 1.54) is 96.3 Å². The molecular weight excluding hydrogens is 576 g/mol. The Hall–Kier alpha value is -1.77. The Bertz CT molecular complexity index is 1150. The quantitative estimate of drug-likeness (QED) is 0.0959. The number of allylic oxidation sites excluding steroid dienone is 1. The molecule has 4 aliphatic rings. The second-order valence-corrected chi connectivity index (χ2v) is 17.4. The number of hydrogen-bond acceptors (Lipinski definition) is 3. The molecule has 264 valence electrons. The van der Waals surface area contributed by atoms with Crippen molar-refractivity contribution in [3.05, 3.63) is 41.5 Å². The molecule has 5 rings (SSSR count). The third-order valence-corrected chi connectivity index (χ3v) is 13.9. The highest BCUT2D eigenvalue weighted by atomic mass is 16.5. The van der Waals surface area contributed by atoms with Crippen LogP contribution >= 0.6 is 0 Å². The van der Waals surface area contributed by atoms with E-state index in [9.17, 15) is 4.79 Å². The van der Waals surface area contributed by atoms with E-state index in [2.05, 4.69) is 47.6 Å². The van der Waals surface area contributed by atoms with E-state index in [4.69, 9.17) is 9.47 Å². The van der Waals surface area contributed by atoms with Gasteiger partial charge in [0.25, 0.3) is 0 Å². The summed E-state index contributed by atoms with van der Waals surface area (Å²) < 4.78 is 12.1. The fourth-order valence-corrected chi connectivity index (χ4v) is 11.1. The van der Waals surface area contributed by atoms with Gasteiger partial charge in [0, 0.05) is 6.42 Å². The maximum Gasteiger partial charge on any atom is 0.338 e. The molecule has 4 aliphatic carbocycles. The van der Waals surface area contributed by atoms with Gasteiger partial charge in [-0.25, -0.2) is 4.79 Å². The zero-order chi connectivity index (χ0) is 33.4. The van der Waals surface area contributed by atoms with Crippen LogP contribution < -0.4 is 4.74 Å². The van der Waals surface area contributed by atoms with Crippen LogP contribution in [-0.4, -0.2) is 18.7 Å². The Morgan fingerprint density at radius 1 is 0.830 bits per heavy atom. The highest BCUT2D eigenvalue weighted by molar-refractivity contribution is 5.89. The highest BCUT2D eigenvalue weighted by Gasteiger charge is 2.59. The van der Waals surface area contributed by atoms with E-state index in [1.54, 1.807) is 5.57 Å². The third kappa shape index (κ3) is 8.70. The number of hydrogen-bond donors (Lipinski definition) is 0. The molecule has 4 unspecified atom stereocenters. The minimum atomic E-state index is -0.185. The van der Waals surface area contributed by atoms with Crippen molar-refractivity contribution in [2.45, 2.75) is 170 Å². The van der Waals surface area contributed by atoms with Crippen LogP contribution in [0.1, 0.15) is 174 Å². The van der Waals surface area contributed by atoms with Crippen LogP contribution in [0, 0.1) is 46.3 Å². The van der Waals surface area contributed by atoms with Gasteiger partial charge in [-0.05, 0) is 122 Å². The van der Waals surface area contributed by atoms with Crippen LogP contribution in [0.3, 0.4) is 0 Å². The van der Waals surface area contributed by atoms with E-state index < -0.39 is 0 Å². The first-order chi connectivity index (χ1) is 22.7. The summed E-state index contributed by atoms with van der Waals surface area (Å²) >= 11 is 0. The van der Waals surface area contributed by atoms with Gasteiger partial charge in [0.1, 0.15) is 11.9 Å². The maximum atomic E-state index is 13.2. The van der Waals surface area contributed by atoms with Gasteiger partial charge in [0.05, 0.1) is 12.2 Å². The minimum absolute atomic E-state index is 0.00678. The molecule has 3 saturated carbocycles. The Morgan fingerprint density at radius 2 is 1.55 bits per heavy atom. The molecule has 0 spiro atoms. The van der Waals surface area contributed by atoms with E-state index >= 15 is 0 Å². The molecule has 0 aliphatic heterocycles. The SMILES string of the molecule is CCCCCCCCCCOc1ccc(C(=O)O[C@H]2CC[C@@]3(C)C(=CCC4C3CC[C@@]3(C)C4CC[C@@H]3C(C)CCCC(C)C)C2)cc1. The fraction of sp³-hybridized carbons (Fsp3) is 0.795. The largest absolute Gasteiger partial charge is 0.494 e. The molecule has 3 heteroatoms. The van der Waals surface area contributed by atoms with Crippen molar-refractivity contribution in [1.82, 2.24) is 0 Å². The standard InChI is InChI=1S/C44H70O3/c1-7-8-9-10-11-12-13-14-30-46-36-21-18-34(19-22-36)42(45)47-37-26-28-43(5)35(31-37)20-23-38-40-25-24-39(33(4)17-15-16-32(2)3)44(40,6)29-27-41(38)43/h18-22,32-33,37-41H,7-17,23-31H2,1-6H3/t33?,37-,38?,39+,40?,41?,43-,44+/m0/s1. The van der Waals surface area contributed by atoms with Gasteiger partial charge in [-0.1, -0.05) is 117 Å². The minimum Gasteiger partial charge on any atom is -0.494 e. The van der Waals surface area contributed by atoms with Gasteiger partial charge in [-0.2, -0.15) is 0 Å². The third-order valence-electron chi connectivity index (χ3n) is 13.9. The molecule has 1 aromatic rings. The van der Waals surface area contributed by atoms with Crippen molar-refractivity contribution in [3.63, 3.8) is 0 Å². The number of esters is 1. The van der Waals surface area contributed by atoms with Crippen molar-refractivity contribution in [3.8, 4) is 5.75 Å². The molecule has 0 radical (unpaired) electrons. The number of carbonyl (C=O) groups excluding carboxylic acids is 1. The molecule has 0 saturated heterocycles. The van der Waals surface area contributed by atoms with E-state index in [-0.39, 0.29) is 17.5 Å². The molecule has 0 N–H and O–H groups in total. The van der Waals surface area contributed by atoms with Crippen LogP contribution in [-0.2, 0) is 4.74 Å². The lowest BCUT2D eigenvalue weighted by Gasteiger charge is -2.58. The number of benzene rings is 1. The summed E-state index contributed by atoms with van der Waals surface area (Å²) in [6.07, 6.45) is 27.2. The summed E-state index contributed by atoms with van der Waals surface area (Å²) in [6, 6.07) is 7.61. The second-order valence-electron chi connectivity index (χ2n) is 17.4. The van der Waals surface area contributed by atoms with E-state index in [1.807, 2.05) is 24.3 Å². The lowest BCUT2D eigenvalue weighted by atomic mass is 9.47. The average Bonchev–Trinajstić information content (AvgIpc) is 3.41. The molecule has 0 amide bonds. The summed E-state index contributed by atoms with van der Waals surface area (Å²) in [4.78, 5) is 13.2. The average molecular weight is 647 g/mol. The monoisotopic (exact) mass is 647 g/mol. The van der Waals surface area contributed by atoms with E-state index in [0.717, 1.165) is 73.5 Å². The summed E-state index contributed by atoms with van der Waals surface area (Å²) in [5.74, 6) is 5.78. The van der Waals surface area contributed by atoms with Gasteiger partial charge in [-0.15, -0.1) is 0 Å². The highest BCUT2D eigenvalue weighted by Crippen LogP contribution is 2.67. The van der Waals surface area contributed by atoms with Crippen molar-refractivity contribution >= 4 is 5.97 Å². The summed E-state index contributed by atoms with van der Waals surface area (Å²) in [6.45, 7) is 15.6. The van der Waals surface area contributed by atoms with E-state index in [0.29, 0.717) is 11.0 Å². The first-order valence-electron chi connectivity index (χ1n) is 20.3. The van der Waals surface area contributed by atoms with Crippen molar-refractivity contribution in [2.75, 3.05) is 6.61 Å². The number of carbonyl (C=O) groups is 1. The van der Waals surface area contributed by atoms with Crippen molar-refractivity contribution < 1.29 is 14.3 Å². The molecule has 3 nitrogen and oxygen atoms in total. The fourth-order valence-electron chi connectivity index (χ4n) is 11.1. The van der Waals surface area contributed by atoms with Crippen molar-refractivity contribution in [2.24, 2.45) is 46.3 Å². The molecule has 3 fully saturated rings. The van der Waals surface area contributed by atoms with Gasteiger partial charge >= 0.3 is 5.97 Å². The molecule has 0 bridgehead atoms. The van der Waals surface area contributed by atoms with Crippen molar-refractivity contribution in [1.29, 1.82) is 0 Å². The van der Waals surface area contributed by atoms with Gasteiger partial charge < -0.3 is 9.47 Å². The summed E-state index contributed by atoms with van der Waals surface area (Å²) in [5, 5.41) is 0. The van der Waals surface area contributed by atoms with Gasteiger partial charge in [0.2, 0.25) is 0 Å². The van der Waals surface area contributed by atoms with Crippen LogP contribution in [0.2, 0.25) is 0 Å². The number of fused-ring (bicyclic) bond motifs is 5. The smallest absolute Gasteiger partial charge is 0.338 e. The normalized spacial score (nSPS) is 32.2. The second kappa shape index (κ2) is 16.8. The van der Waals surface area contributed by atoms with Gasteiger partial charge in [0.15, 0.2) is 0 Å². The topological polar surface area (TPSA) is 35.5 Å². The predicted octanol–water partition coefficient (Wildman–Crippen LogP) is 12.8. The van der Waals surface area contributed by atoms with Crippen LogP contribution in [0.5, 0.6) is 5.75 Å². The Morgan fingerprint density at radius 3 is 2.28 bits per heavy atom. The van der Waals surface area contributed by atoms with Gasteiger partial charge in [-0.3, -0.25) is 0 Å². The van der Waals surface area contributed by atoms with Crippen LogP contribution in [0.4, 0.5) is 0 Å². The summed E-state index contributed by atoms with van der Waals surface area (Å²) in [5.41, 5.74) is 3.03. The van der Waals surface area contributed by atoms with Crippen LogP contribution in [0.25, 0.3) is 0 Å². The Labute approximate surface area is 289 Å². The number of rotatable bonds is 17. The van der Waals surface area contributed by atoms with Crippen LogP contribution in [0.15, 0.2) is 35.9 Å². The summed E-state index contributed by atoms with van der Waals surface area (Å²) in [7, 11) is 0. The molecular formula is C44H70O3. The Kier molecular flexibility index (Phi) is 13.0. The molecule has 0 heterocycles. The lowest BCUT2D eigenvalue weighted by molar-refractivity contribution is -0.0594. The maximum absolute atomic E-state index is 13.2. The zero-order valence-corrected chi connectivity index (χ0v) is 31.3. The first kappa shape index (κ1) is 36.5. The predicted molar refractivity (Wildman–Crippen MR) is 197 cm³/mol. The zero-order valence-electron chi connectivity index (χ0n) is 31.3. The lowest BCUT2D eigenvalue weighted by Crippen LogP contribution is -2.51. The number of unbranched alkanes of at least 4 members (excludes halogenated alkanes) is 7. The Balaban J connectivity index is 1.09. The molecule has 0 aromatic heterocycles. The molecule has 8 atom stereocenters. The first-order valence-corrected chi connectivity index (χ1v) is 20.3.